The third kappa shape index (κ3) is 5.67. The highest BCUT2D eigenvalue weighted by atomic mass is 32.2. The van der Waals surface area contributed by atoms with Gasteiger partial charge in [-0.1, -0.05) is 54.1 Å². The summed E-state index contributed by atoms with van der Waals surface area (Å²) < 4.78 is 0. The fraction of sp³-hybridized carbons (Fsp3) is 0.0690. The van der Waals surface area contributed by atoms with Crippen LogP contribution in [0.2, 0.25) is 0 Å². The van der Waals surface area contributed by atoms with Crippen molar-refractivity contribution in [3.8, 4) is 0 Å². The maximum Gasteiger partial charge on any atom is 0.257 e. The SMILES string of the molecule is CSc1ccc(C(=O)Nc2ccccc2C(=O)Nc2ccc(C)cc2C(=O)c2ccccc2)cc1. The molecule has 0 aromatic heterocycles. The molecule has 0 saturated carbocycles. The lowest BCUT2D eigenvalue weighted by Gasteiger charge is -2.14. The standard InChI is InChI=1S/C29H24N2O3S/c1-19-12-17-26(24(18-19)27(32)20-8-4-3-5-9-20)31-29(34)23-10-6-7-11-25(23)30-28(33)21-13-15-22(35-2)16-14-21/h3-18H,1-2H3,(H,30,33)(H,31,34). The van der Waals surface area contributed by atoms with Crippen LogP contribution >= 0.6 is 11.8 Å². The van der Waals surface area contributed by atoms with Gasteiger partial charge in [-0.05, 0) is 61.7 Å². The highest BCUT2D eigenvalue weighted by Crippen LogP contribution is 2.24. The van der Waals surface area contributed by atoms with Crippen LogP contribution in [0.1, 0.15) is 42.2 Å². The molecule has 0 atom stereocenters. The van der Waals surface area contributed by atoms with E-state index in [1.165, 1.54) is 0 Å². The van der Waals surface area contributed by atoms with Gasteiger partial charge in [-0.3, -0.25) is 14.4 Å². The van der Waals surface area contributed by atoms with E-state index < -0.39 is 5.91 Å². The molecular formula is C29H24N2O3S. The smallest absolute Gasteiger partial charge is 0.257 e. The quantitative estimate of drug-likeness (QED) is 0.235. The minimum Gasteiger partial charge on any atom is -0.321 e. The van der Waals surface area contributed by atoms with Crippen LogP contribution in [-0.4, -0.2) is 23.9 Å². The molecule has 4 aromatic rings. The number of benzene rings is 4. The fourth-order valence-corrected chi connectivity index (χ4v) is 4.02. The lowest BCUT2D eigenvalue weighted by molar-refractivity contribution is 0.102. The zero-order valence-corrected chi connectivity index (χ0v) is 20.2. The molecule has 0 aliphatic heterocycles. The molecule has 35 heavy (non-hydrogen) atoms. The van der Waals surface area contributed by atoms with E-state index in [0.29, 0.717) is 33.6 Å². The molecule has 6 heteroatoms. The van der Waals surface area contributed by atoms with Gasteiger partial charge in [0.25, 0.3) is 11.8 Å². The van der Waals surface area contributed by atoms with Gasteiger partial charge in [-0.25, -0.2) is 0 Å². The Morgan fingerprint density at radius 2 is 1.26 bits per heavy atom. The molecule has 0 radical (unpaired) electrons. The summed E-state index contributed by atoms with van der Waals surface area (Å²) in [6, 6.07) is 28.3. The van der Waals surface area contributed by atoms with Crippen LogP contribution < -0.4 is 10.6 Å². The van der Waals surface area contributed by atoms with Gasteiger partial charge < -0.3 is 10.6 Å². The first-order valence-corrected chi connectivity index (χ1v) is 12.2. The number of para-hydroxylation sites is 1. The largest absolute Gasteiger partial charge is 0.321 e. The van der Waals surface area contributed by atoms with Gasteiger partial charge in [-0.15, -0.1) is 11.8 Å². The average molecular weight is 481 g/mol. The number of hydrogen-bond acceptors (Lipinski definition) is 4. The Balaban J connectivity index is 1.59. The maximum atomic E-state index is 13.3. The van der Waals surface area contributed by atoms with Gasteiger partial charge in [0.2, 0.25) is 0 Å². The van der Waals surface area contributed by atoms with E-state index in [0.717, 1.165) is 10.5 Å². The molecule has 2 amide bonds. The number of hydrogen-bond donors (Lipinski definition) is 2. The van der Waals surface area contributed by atoms with Crippen LogP contribution in [-0.2, 0) is 0 Å². The summed E-state index contributed by atoms with van der Waals surface area (Å²) in [4.78, 5) is 40.2. The molecule has 0 unspecified atom stereocenters. The summed E-state index contributed by atoms with van der Waals surface area (Å²) in [5, 5.41) is 5.69. The summed E-state index contributed by atoms with van der Waals surface area (Å²) in [5.41, 5.74) is 3.42. The van der Waals surface area contributed by atoms with Crippen LogP contribution in [0, 0.1) is 6.92 Å². The topological polar surface area (TPSA) is 75.3 Å². The second-order valence-corrected chi connectivity index (χ2v) is 8.81. The molecule has 2 N–H and O–H groups in total. The Morgan fingerprint density at radius 1 is 0.629 bits per heavy atom. The number of thioether (sulfide) groups is 1. The van der Waals surface area contributed by atoms with Gasteiger partial charge >= 0.3 is 0 Å². The average Bonchev–Trinajstić information content (AvgIpc) is 2.90. The Bertz CT molecular complexity index is 1380. The minimum atomic E-state index is -0.426. The van der Waals surface area contributed by atoms with E-state index in [2.05, 4.69) is 10.6 Å². The predicted octanol–water partition coefficient (Wildman–Crippen LogP) is 6.45. The summed E-state index contributed by atoms with van der Waals surface area (Å²) in [5.74, 6) is -0.919. The van der Waals surface area contributed by atoms with E-state index in [1.54, 1.807) is 84.6 Å². The number of aryl methyl sites for hydroxylation is 1. The zero-order valence-electron chi connectivity index (χ0n) is 19.4. The number of nitrogens with one attached hydrogen (secondary N) is 2. The van der Waals surface area contributed by atoms with Crippen molar-refractivity contribution in [3.63, 3.8) is 0 Å². The van der Waals surface area contributed by atoms with E-state index in [1.807, 2.05) is 37.4 Å². The van der Waals surface area contributed by atoms with Crippen molar-refractivity contribution in [1.29, 1.82) is 0 Å². The first-order chi connectivity index (χ1) is 17.0. The molecule has 4 rings (SSSR count). The molecule has 0 bridgehead atoms. The molecule has 0 heterocycles. The van der Waals surface area contributed by atoms with Gasteiger partial charge in [0.1, 0.15) is 0 Å². The normalized spacial score (nSPS) is 10.5. The van der Waals surface area contributed by atoms with Gasteiger partial charge in [0.15, 0.2) is 5.78 Å². The third-order valence-electron chi connectivity index (χ3n) is 5.48. The lowest BCUT2D eigenvalue weighted by atomic mass is 9.99. The number of ketones is 1. The Hall–Kier alpha value is -4.16. The predicted molar refractivity (Wildman–Crippen MR) is 142 cm³/mol. The number of anilines is 2. The fourth-order valence-electron chi connectivity index (χ4n) is 3.62. The summed E-state index contributed by atoms with van der Waals surface area (Å²) >= 11 is 1.59. The highest BCUT2D eigenvalue weighted by molar-refractivity contribution is 7.98. The van der Waals surface area contributed by atoms with Crippen LogP contribution in [0.4, 0.5) is 11.4 Å². The first kappa shape index (κ1) is 24.0. The molecule has 0 aliphatic carbocycles. The minimum absolute atomic E-state index is 0.181. The molecule has 4 aromatic carbocycles. The van der Waals surface area contributed by atoms with E-state index in [-0.39, 0.29) is 11.7 Å². The van der Waals surface area contributed by atoms with Gasteiger partial charge in [-0.2, -0.15) is 0 Å². The number of amides is 2. The molecule has 0 aliphatic rings. The van der Waals surface area contributed by atoms with Crippen molar-refractivity contribution in [2.24, 2.45) is 0 Å². The summed E-state index contributed by atoms with van der Waals surface area (Å²) in [6.45, 7) is 1.89. The van der Waals surface area contributed by atoms with E-state index >= 15 is 0 Å². The van der Waals surface area contributed by atoms with Crippen molar-refractivity contribution in [3.05, 3.63) is 125 Å². The Morgan fingerprint density at radius 3 is 1.97 bits per heavy atom. The van der Waals surface area contributed by atoms with Gasteiger partial charge in [0.05, 0.1) is 16.9 Å². The van der Waals surface area contributed by atoms with Crippen LogP contribution in [0.5, 0.6) is 0 Å². The Labute approximate surface area is 208 Å². The zero-order chi connectivity index (χ0) is 24.8. The summed E-state index contributed by atoms with van der Waals surface area (Å²) in [6.07, 6.45) is 1.97. The molecule has 5 nitrogen and oxygen atoms in total. The van der Waals surface area contributed by atoms with Crippen molar-refractivity contribution >= 4 is 40.7 Å². The monoisotopic (exact) mass is 480 g/mol. The van der Waals surface area contributed by atoms with Crippen LogP contribution in [0.25, 0.3) is 0 Å². The van der Waals surface area contributed by atoms with Crippen LogP contribution in [0.15, 0.2) is 102 Å². The van der Waals surface area contributed by atoms with Crippen molar-refractivity contribution in [2.75, 3.05) is 16.9 Å². The molecular weight excluding hydrogens is 456 g/mol. The van der Waals surface area contributed by atoms with Crippen molar-refractivity contribution < 1.29 is 14.4 Å². The van der Waals surface area contributed by atoms with Crippen molar-refractivity contribution in [1.82, 2.24) is 0 Å². The molecule has 0 spiro atoms. The first-order valence-electron chi connectivity index (χ1n) is 11.0. The van der Waals surface area contributed by atoms with Crippen molar-refractivity contribution in [2.45, 2.75) is 11.8 Å². The van der Waals surface area contributed by atoms with Crippen LogP contribution in [0.3, 0.4) is 0 Å². The molecule has 0 saturated heterocycles. The van der Waals surface area contributed by atoms with E-state index in [4.69, 9.17) is 0 Å². The molecule has 174 valence electrons. The molecule has 0 fully saturated rings. The Kier molecular flexibility index (Phi) is 7.43. The highest BCUT2D eigenvalue weighted by Gasteiger charge is 2.19. The maximum absolute atomic E-state index is 13.3. The summed E-state index contributed by atoms with van der Waals surface area (Å²) in [7, 11) is 0. The lowest BCUT2D eigenvalue weighted by Crippen LogP contribution is -2.19. The second kappa shape index (κ2) is 10.8. The van der Waals surface area contributed by atoms with E-state index in [9.17, 15) is 14.4 Å². The number of carbonyl (C=O) groups excluding carboxylic acids is 3. The number of carbonyl (C=O) groups is 3. The third-order valence-corrected chi connectivity index (χ3v) is 6.22. The number of rotatable bonds is 7. The van der Waals surface area contributed by atoms with Gasteiger partial charge in [0, 0.05) is 21.6 Å². The second-order valence-electron chi connectivity index (χ2n) is 7.93.